The van der Waals surface area contributed by atoms with Gasteiger partial charge in [0.15, 0.2) is 0 Å². The summed E-state index contributed by atoms with van der Waals surface area (Å²) in [4.78, 5) is 10.3. The fraction of sp³-hybridized carbons (Fsp3) is 0.0769. The van der Waals surface area contributed by atoms with Crippen LogP contribution >= 0.6 is 0 Å². The van der Waals surface area contributed by atoms with Crippen LogP contribution in [0.3, 0.4) is 0 Å². The molecule has 0 bridgehead atoms. The van der Waals surface area contributed by atoms with Gasteiger partial charge in [0.2, 0.25) is 0 Å². The van der Waals surface area contributed by atoms with Crippen LogP contribution in [-0.4, -0.2) is 17.9 Å². The van der Waals surface area contributed by atoms with Gasteiger partial charge in [-0.2, -0.15) is 8.42 Å². The summed E-state index contributed by atoms with van der Waals surface area (Å²) in [7, 11) is -4.64. The maximum absolute atomic E-state index is 11.6. The number of nitro groups is 1. The van der Waals surface area contributed by atoms with Crippen molar-refractivity contribution >= 4 is 21.7 Å². The predicted molar refractivity (Wildman–Crippen MR) is 77.3 cm³/mol. The number of rotatable bonds is 5. The molecular weight excluding hydrogens is 296 g/mol. The van der Waals surface area contributed by atoms with Crippen molar-refractivity contribution in [2.45, 2.75) is 6.54 Å². The number of para-hydroxylation sites is 2. The van der Waals surface area contributed by atoms with Gasteiger partial charge in [-0.25, -0.2) is 4.31 Å². The van der Waals surface area contributed by atoms with Crippen molar-refractivity contribution in [3.05, 3.63) is 70.3 Å². The molecule has 0 heterocycles. The van der Waals surface area contributed by atoms with Crippen LogP contribution in [0.25, 0.3) is 0 Å². The normalized spacial score (nSPS) is 11.1. The van der Waals surface area contributed by atoms with E-state index in [0.29, 0.717) is 9.87 Å². The Hall–Kier alpha value is -2.45. The average Bonchev–Trinajstić information content (AvgIpc) is 2.44. The third-order valence-corrected chi connectivity index (χ3v) is 3.68. The second kappa shape index (κ2) is 5.90. The minimum Gasteiger partial charge on any atom is -0.269 e. The summed E-state index contributed by atoms with van der Waals surface area (Å²) < 4.78 is 33.1. The Balaban J connectivity index is 2.50. The Bertz CT molecular complexity index is 746. The van der Waals surface area contributed by atoms with Gasteiger partial charge in [0, 0.05) is 6.07 Å². The second-order valence-corrected chi connectivity index (χ2v) is 5.55. The van der Waals surface area contributed by atoms with Crippen LogP contribution in [0.1, 0.15) is 5.56 Å². The molecule has 2 rings (SSSR count). The van der Waals surface area contributed by atoms with Crippen LogP contribution in [0.2, 0.25) is 0 Å². The number of nitrogens with zero attached hydrogens (tertiary/aromatic N) is 2. The molecular formula is C13H12N2O5S. The molecule has 0 atom stereocenters. The highest BCUT2D eigenvalue weighted by molar-refractivity contribution is 7.87. The van der Waals surface area contributed by atoms with Gasteiger partial charge in [0.05, 0.1) is 11.5 Å². The third-order valence-electron chi connectivity index (χ3n) is 2.79. The Labute approximate surface area is 121 Å². The summed E-state index contributed by atoms with van der Waals surface area (Å²) in [6.07, 6.45) is 0. The van der Waals surface area contributed by atoms with Crippen molar-refractivity contribution in [2.75, 3.05) is 4.31 Å². The number of hydrogen-bond acceptors (Lipinski definition) is 4. The maximum Gasteiger partial charge on any atom is 0.360 e. The highest BCUT2D eigenvalue weighted by Crippen LogP contribution is 2.30. The van der Waals surface area contributed by atoms with E-state index >= 15 is 0 Å². The minimum atomic E-state index is -4.64. The number of anilines is 1. The first-order chi connectivity index (χ1) is 9.89. The van der Waals surface area contributed by atoms with Gasteiger partial charge in [0.25, 0.3) is 5.69 Å². The van der Waals surface area contributed by atoms with E-state index in [4.69, 9.17) is 0 Å². The highest BCUT2D eigenvalue weighted by Gasteiger charge is 2.27. The molecule has 2 aromatic rings. The first kappa shape index (κ1) is 14.9. The zero-order chi connectivity index (χ0) is 15.5. The Kier molecular flexibility index (Phi) is 4.20. The van der Waals surface area contributed by atoms with Crippen LogP contribution in [0, 0.1) is 10.1 Å². The van der Waals surface area contributed by atoms with Crippen LogP contribution < -0.4 is 4.31 Å². The van der Waals surface area contributed by atoms with Crippen LogP contribution in [0.4, 0.5) is 11.4 Å². The predicted octanol–water partition coefficient (Wildman–Crippen LogP) is 2.40. The Morgan fingerprint density at radius 3 is 2.19 bits per heavy atom. The summed E-state index contributed by atoms with van der Waals surface area (Å²) >= 11 is 0. The molecule has 0 aliphatic carbocycles. The molecule has 0 saturated heterocycles. The lowest BCUT2D eigenvalue weighted by molar-refractivity contribution is -0.384. The molecule has 0 fully saturated rings. The van der Waals surface area contributed by atoms with Gasteiger partial charge in [-0.3, -0.25) is 14.7 Å². The fourth-order valence-electron chi connectivity index (χ4n) is 1.87. The van der Waals surface area contributed by atoms with Crippen molar-refractivity contribution < 1.29 is 17.9 Å². The van der Waals surface area contributed by atoms with E-state index < -0.39 is 20.9 Å². The van der Waals surface area contributed by atoms with Gasteiger partial charge in [-0.15, -0.1) is 0 Å². The van der Waals surface area contributed by atoms with Gasteiger partial charge in [0.1, 0.15) is 5.69 Å². The molecule has 0 aromatic heterocycles. The third kappa shape index (κ3) is 3.56. The average molecular weight is 308 g/mol. The molecule has 0 radical (unpaired) electrons. The summed E-state index contributed by atoms with van der Waals surface area (Å²) in [6, 6.07) is 13.8. The number of hydrogen-bond donors (Lipinski definition) is 1. The second-order valence-electron chi connectivity index (χ2n) is 4.22. The van der Waals surface area contributed by atoms with Crippen molar-refractivity contribution in [1.82, 2.24) is 0 Å². The van der Waals surface area contributed by atoms with Crippen LogP contribution in [0.15, 0.2) is 54.6 Å². The molecule has 0 saturated carbocycles. The Morgan fingerprint density at radius 2 is 1.62 bits per heavy atom. The highest BCUT2D eigenvalue weighted by atomic mass is 32.2. The summed E-state index contributed by atoms with van der Waals surface area (Å²) in [5.74, 6) is 0. The molecule has 110 valence electrons. The van der Waals surface area contributed by atoms with Crippen molar-refractivity contribution in [2.24, 2.45) is 0 Å². The lowest BCUT2D eigenvalue weighted by Gasteiger charge is -2.20. The number of benzene rings is 2. The standard InChI is InChI=1S/C13H12N2O5S/c16-15(17)13-9-5-4-8-12(13)14(21(18,19)20)10-11-6-2-1-3-7-11/h1-9H,10H2,(H,18,19,20). The van der Waals surface area contributed by atoms with Crippen LogP contribution in [0.5, 0.6) is 0 Å². The van der Waals surface area contributed by atoms with Gasteiger partial charge in [-0.1, -0.05) is 42.5 Å². The van der Waals surface area contributed by atoms with E-state index in [-0.39, 0.29) is 12.2 Å². The molecule has 7 nitrogen and oxygen atoms in total. The fourth-order valence-corrected chi connectivity index (χ4v) is 2.58. The first-order valence-corrected chi connectivity index (χ1v) is 7.32. The summed E-state index contributed by atoms with van der Waals surface area (Å²) in [6.45, 7) is -0.204. The van der Waals surface area contributed by atoms with E-state index in [2.05, 4.69) is 0 Å². The van der Waals surface area contributed by atoms with Crippen molar-refractivity contribution in [1.29, 1.82) is 0 Å². The molecule has 0 spiro atoms. The maximum atomic E-state index is 11.6. The monoisotopic (exact) mass is 308 g/mol. The topological polar surface area (TPSA) is 101 Å². The molecule has 8 heteroatoms. The molecule has 2 aromatic carbocycles. The Morgan fingerprint density at radius 1 is 1.05 bits per heavy atom. The van der Waals surface area contributed by atoms with Crippen molar-refractivity contribution in [3.8, 4) is 0 Å². The molecule has 0 amide bonds. The zero-order valence-corrected chi connectivity index (χ0v) is 11.6. The van der Waals surface area contributed by atoms with E-state index in [1.165, 1.54) is 24.3 Å². The van der Waals surface area contributed by atoms with E-state index in [0.717, 1.165) is 0 Å². The first-order valence-electron chi connectivity index (χ1n) is 5.92. The van der Waals surface area contributed by atoms with Crippen LogP contribution in [-0.2, 0) is 16.8 Å². The van der Waals surface area contributed by atoms with E-state index in [1.807, 2.05) is 0 Å². The lowest BCUT2D eigenvalue weighted by atomic mass is 10.2. The van der Waals surface area contributed by atoms with Gasteiger partial charge < -0.3 is 0 Å². The molecule has 0 aliphatic heterocycles. The van der Waals surface area contributed by atoms with E-state index in [9.17, 15) is 23.1 Å². The largest absolute Gasteiger partial charge is 0.360 e. The quantitative estimate of drug-likeness (QED) is 0.519. The number of nitro benzene ring substituents is 1. The van der Waals surface area contributed by atoms with Gasteiger partial charge >= 0.3 is 10.3 Å². The van der Waals surface area contributed by atoms with Gasteiger partial charge in [-0.05, 0) is 11.6 Å². The lowest BCUT2D eigenvalue weighted by Crippen LogP contribution is -2.30. The molecule has 0 aliphatic rings. The molecule has 21 heavy (non-hydrogen) atoms. The summed E-state index contributed by atoms with van der Waals surface area (Å²) in [5, 5.41) is 11.0. The SMILES string of the molecule is O=[N+]([O-])c1ccccc1N(Cc1ccccc1)S(=O)(=O)O. The smallest absolute Gasteiger partial charge is 0.269 e. The van der Waals surface area contributed by atoms with Crippen molar-refractivity contribution in [3.63, 3.8) is 0 Å². The zero-order valence-electron chi connectivity index (χ0n) is 10.8. The summed E-state index contributed by atoms with van der Waals surface area (Å²) in [5.41, 5.74) is 0.00758. The minimum absolute atomic E-state index is 0.186. The van der Waals surface area contributed by atoms with E-state index in [1.54, 1.807) is 30.3 Å². The molecule has 1 N–H and O–H groups in total. The molecule has 0 unspecified atom stereocenters.